The molecular formula is C8H12N2O2. The van der Waals surface area contributed by atoms with E-state index >= 15 is 0 Å². The Bertz CT molecular complexity index is 255. The lowest BCUT2D eigenvalue weighted by Crippen LogP contribution is -2.45. The SMILES string of the molecule is Cc1cc(CNC2COC2)no1. The van der Waals surface area contributed by atoms with Crippen LogP contribution in [-0.4, -0.2) is 24.4 Å². The number of aromatic nitrogens is 1. The summed E-state index contributed by atoms with van der Waals surface area (Å²) in [6, 6.07) is 2.44. The summed E-state index contributed by atoms with van der Waals surface area (Å²) in [5.41, 5.74) is 0.958. The lowest BCUT2D eigenvalue weighted by molar-refractivity contribution is -0.00599. The molecule has 4 nitrogen and oxygen atoms in total. The van der Waals surface area contributed by atoms with Gasteiger partial charge in [0.2, 0.25) is 0 Å². The Hall–Kier alpha value is -0.870. The third-order valence-electron chi connectivity index (χ3n) is 1.89. The number of rotatable bonds is 3. The van der Waals surface area contributed by atoms with Gasteiger partial charge in [-0.05, 0) is 6.92 Å². The van der Waals surface area contributed by atoms with Crippen LogP contribution in [0.4, 0.5) is 0 Å². The Labute approximate surface area is 70.9 Å². The lowest BCUT2D eigenvalue weighted by Gasteiger charge is -2.26. The van der Waals surface area contributed by atoms with Gasteiger partial charge >= 0.3 is 0 Å². The summed E-state index contributed by atoms with van der Waals surface area (Å²) in [6.45, 7) is 4.29. The summed E-state index contributed by atoms with van der Waals surface area (Å²) < 4.78 is 9.95. The first-order valence-electron chi connectivity index (χ1n) is 4.08. The Balaban J connectivity index is 1.79. The molecule has 0 aliphatic carbocycles. The van der Waals surface area contributed by atoms with Crippen LogP contribution in [0.1, 0.15) is 11.5 Å². The van der Waals surface area contributed by atoms with Crippen molar-refractivity contribution < 1.29 is 9.26 Å². The quantitative estimate of drug-likeness (QED) is 0.712. The molecule has 0 radical (unpaired) electrons. The van der Waals surface area contributed by atoms with Gasteiger partial charge in [0.1, 0.15) is 5.76 Å². The molecule has 1 aliphatic rings. The normalized spacial score (nSPS) is 17.8. The predicted molar refractivity (Wildman–Crippen MR) is 42.7 cm³/mol. The van der Waals surface area contributed by atoms with E-state index in [9.17, 15) is 0 Å². The van der Waals surface area contributed by atoms with E-state index in [1.807, 2.05) is 13.0 Å². The maximum absolute atomic E-state index is 5.02. The topological polar surface area (TPSA) is 47.3 Å². The van der Waals surface area contributed by atoms with E-state index in [0.717, 1.165) is 31.2 Å². The molecule has 0 unspecified atom stereocenters. The van der Waals surface area contributed by atoms with E-state index in [1.54, 1.807) is 0 Å². The van der Waals surface area contributed by atoms with Gasteiger partial charge in [0.15, 0.2) is 0 Å². The minimum atomic E-state index is 0.502. The molecule has 0 amide bonds. The van der Waals surface area contributed by atoms with E-state index in [2.05, 4.69) is 10.5 Å². The summed E-state index contributed by atoms with van der Waals surface area (Å²) in [5.74, 6) is 0.858. The zero-order valence-corrected chi connectivity index (χ0v) is 7.04. The number of nitrogens with one attached hydrogen (secondary N) is 1. The van der Waals surface area contributed by atoms with Crippen LogP contribution >= 0.6 is 0 Å². The second-order valence-corrected chi connectivity index (χ2v) is 3.04. The second kappa shape index (κ2) is 3.25. The Morgan fingerprint density at radius 3 is 3.00 bits per heavy atom. The second-order valence-electron chi connectivity index (χ2n) is 3.04. The minimum Gasteiger partial charge on any atom is -0.378 e. The van der Waals surface area contributed by atoms with Crippen LogP contribution in [0.2, 0.25) is 0 Å². The Morgan fingerprint density at radius 2 is 2.50 bits per heavy atom. The summed E-state index contributed by atoms with van der Waals surface area (Å²) in [6.07, 6.45) is 0. The lowest BCUT2D eigenvalue weighted by atomic mass is 10.2. The fourth-order valence-corrected chi connectivity index (χ4v) is 1.10. The minimum absolute atomic E-state index is 0.502. The molecule has 0 aromatic carbocycles. The van der Waals surface area contributed by atoms with E-state index in [0.29, 0.717) is 6.04 Å². The number of aryl methyl sites for hydroxylation is 1. The molecule has 1 aliphatic heterocycles. The fraction of sp³-hybridized carbons (Fsp3) is 0.625. The highest BCUT2D eigenvalue weighted by Crippen LogP contribution is 2.04. The van der Waals surface area contributed by atoms with Gasteiger partial charge in [-0.3, -0.25) is 0 Å². The van der Waals surface area contributed by atoms with Crippen molar-refractivity contribution in [3.05, 3.63) is 17.5 Å². The van der Waals surface area contributed by atoms with Crippen LogP contribution < -0.4 is 5.32 Å². The average Bonchev–Trinajstić information content (AvgIpc) is 2.32. The van der Waals surface area contributed by atoms with E-state index < -0.39 is 0 Å². The van der Waals surface area contributed by atoms with Crippen molar-refractivity contribution in [2.45, 2.75) is 19.5 Å². The predicted octanol–water partition coefficient (Wildman–Crippen LogP) is 0.471. The van der Waals surface area contributed by atoms with Crippen molar-refractivity contribution >= 4 is 0 Å². The highest BCUT2D eigenvalue weighted by molar-refractivity contribution is 5.03. The molecule has 2 heterocycles. The van der Waals surface area contributed by atoms with Crippen LogP contribution in [0.15, 0.2) is 10.6 Å². The standard InChI is InChI=1S/C8H12N2O2/c1-6-2-7(10-12-6)3-9-8-4-11-5-8/h2,8-9H,3-5H2,1H3. The third-order valence-corrected chi connectivity index (χ3v) is 1.89. The zero-order chi connectivity index (χ0) is 8.39. The van der Waals surface area contributed by atoms with Crippen LogP contribution in [0, 0.1) is 6.92 Å². The monoisotopic (exact) mass is 168 g/mol. The van der Waals surface area contributed by atoms with Crippen molar-refractivity contribution in [1.82, 2.24) is 10.5 Å². The molecule has 12 heavy (non-hydrogen) atoms. The third kappa shape index (κ3) is 1.65. The van der Waals surface area contributed by atoms with Crippen molar-refractivity contribution in [3.63, 3.8) is 0 Å². The summed E-state index contributed by atoms with van der Waals surface area (Å²) in [5, 5.41) is 7.17. The molecule has 66 valence electrons. The molecule has 0 atom stereocenters. The van der Waals surface area contributed by atoms with Crippen molar-refractivity contribution in [2.24, 2.45) is 0 Å². The first-order valence-corrected chi connectivity index (χ1v) is 4.08. The molecule has 2 rings (SSSR count). The van der Waals surface area contributed by atoms with Crippen molar-refractivity contribution in [3.8, 4) is 0 Å². The molecule has 1 fully saturated rings. The highest BCUT2D eigenvalue weighted by Gasteiger charge is 2.17. The molecular weight excluding hydrogens is 156 g/mol. The Morgan fingerprint density at radius 1 is 1.67 bits per heavy atom. The van der Waals surface area contributed by atoms with Crippen LogP contribution in [-0.2, 0) is 11.3 Å². The zero-order valence-electron chi connectivity index (χ0n) is 7.04. The van der Waals surface area contributed by atoms with E-state index in [4.69, 9.17) is 9.26 Å². The molecule has 4 heteroatoms. The summed E-state index contributed by atoms with van der Waals surface area (Å²) >= 11 is 0. The number of hydrogen-bond acceptors (Lipinski definition) is 4. The van der Waals surface area contributed by atoms with E-state index in [1.165, 1.54) is 0 Å². The maximum Gasteiger partial charge on any atom is 0.133 e. The van der Waals surface area contributed by atoms with Gasteiger partial charge in [-0.15, -0.1) is 0 Å². The number of hydrogen-bond donors (Lipinski definition) is 1. The summed E-state index contributed by atoms with van der Waals surface area (Å²) in [7, 11) is 0. The van der Waals surface area contributed by atoms with Crippen LogP contribution in [0.25, 0.3) is 0 Å². The first-order chi connectivity index (χ1) is 5.84. The van der Waals surface area contributed by atoms with Crippen molar-refractivity contribution in [2.75, 3.05) is 13.2 Å². The number of ether oxygens (including phenoxy) is 1. The van der Waals surface area contributed by atoms with Gasteiger partial charge < -0.3 is 14.6 Å². The molecule has 0 bridgehead atoms. The molecule has 0 saturated carbocycles. The first kappa shape index (κ1) is 7.76. The van der Waals surface area contributed by atoms with Gasteiger partial charge in [0.25, 0.3) is 0 Å². The van der Waals surface area contributed by atoms with Gasteiger partial charge in [-0.2, -0.15) is 0 Å². The van der Waals surface area contributed by atoms with Gasteiger partial charge in [0, 0.05) is 12.6 Å². The summed E-state index contributed by atoms with van der Waals surface area (Å²) in [4.78, 5) is 0. The van der Waals surface area contributed by atoms with Gasteiger partial charge in [-0.25, -0.2) is 0 Å². The molecule has 1 N–H and O–H groups in total. The maximum atomic E-state index is 5.02. The molecule has 1 aromatic rings. The van der Waals surface area contributed by atoms with Gasteiger partial charge in [0.05, 0.1) is 24.9 Å². The smallest absolute Gasteiger partial charge is 0.133 e. The van der Waals surface area contributed by atoms with Gasteiger partial charge in [-0.1, -0.05) is 5.16 Å². The van der Waals surface area contributed by atoms with E-state index in [-0.39, 0.29) is 0 Å². The highest BCUT2D eigenvalue weighted by atomic mass is 16.5. The molecule has 1 saturated heterocycles. The molecule has 0 spiro atoms. The van der Waals surface area contributed by atoms with Crippen molar-refractivity contribution in [1.29, 1.82) is 0 Å². The fourth-order valence-electron chi connectivity index (χ4n) is 1.10. The number of nitrogens with zero attached hydrogens (tertiary/aromatic N) is 1. The Kier molecular flexibility index (Phi) is 2.10. The largest absolute Gasteiger partial charge is 0.378 e. The van der Waals surface area contributed by atoms with Crippen LogP contribution in [0.3, 0.4) is 0 Å². The molecule has 1 aromatic heterocycles. The van der Waals surface area contributed by atoms with Crippen LogP contribution in [0.5, 0.6) is 0 Å². The average molecular weight is 168 g/mol.